The molecule has 6 aliphatic heterocycles. The number of ether oxygens (including phenoxy) is 14. The van der Waals surface area contributed by atoms with Crippen LogP contribution in [0.5, 0.6) is 0 Å². The van der Waals surface area contributed by atoms with E-state index in [2.05, 4.69) is 13.8 Å². The zero-order chi connectivity index (χ0) is 68.8. The minimum Gasteiger partial charge on any atom is -0.456 e. The molecule has 28 nitrogen and oxygen atoms in total. The molecular formula is C66H114O28. The summed E-state index contributed by atoms with van der Waals surface area (Å²) in [6.45, 7) is 11.3. The maximum atomic E-state index is 14.1. The monoisotopic (exact) mass is 1350 g/mol. The van der Waals surface area contributed by atoms with E-state index in [0.29, 0.717) is 32.1 Å². The summed E-state index contributed by atoms with van der Waals surface area (Å²) >= 11 is 0. The van der Waals surface area contributed by atoms with E-state index < -0.39 is 203 Å². The number of rotatable bonds is 28. The molecule has 546 valence electrons. The topological polar surface area (TPSA) is 400 Å². The summed E-state index contributed by atoms with van der Waals surface area (Å²) in [4.78, 5) is 54.9. The van der Waals surface area contributed by atoms with Gasteiger partial charge in [-0.05, 0) is 60.3 Å². The molecule has 0 radical (unpaired) electrons. The van der Waals surface area contributed by atoms with Gasteiger partial charge in [-0.3, -0.25) is 19.2 Å². The molecule has 94 heavy (non-hydrogen) atoms. The Kier molecular flexibility index (Phi) is 34.4. The highest BCUT2D eigenvalue weighted by Gasteiger charge is 2.59. The number of esters is 4. The molecule has 0 aromatic carbocycles. The van der Waals surface area contributed by atoms with Gasteiger partial charge in [-0.25, -0.2) is 0 Å². The first-order valence-corrected chi connectivity index (χ1v) is 35.0. The van der Waals surface area contributed by atoms with E-state index >= 15 is 0 Å². The Hall–Kier alpha value is -2.92. The third kappa shape index (κ3) is 22.5. The minimum atomic E-state index is -2.05. The first-order chi connectivity index (χ1) is 45.0. The van der Waals surface area contributed by atoms with Gasteiger partial charge in [0.05, 0.1) is 49.7 Å². The summed E-state index contributed by atoms with van der Waals surface area (Å²) in [5.41, 5.74) is 0. The highest BCUT2D eigenvalue weighted by Crippen LogP contribution is 2.40. The Labute approximate surface area is 553 Å². The van der Waals surface area contributed by atoms with E-state index in [0.717, 1.165) is 103 Å². The lowest BCUT2D eigenvalue weighted by Crippen LogP contribution is -2.68. The van der Waals surface area contributed by atoms with Crippen molar-refractivity contribution in [2.45, 2.75) is 375 Å². The molecule has 0 unspecified atom stereocenters. The number of hydrogen-bond acceptors (Lipinski definition) is 28. The number of unbranched alkanes of at least 4 members (excludes halogenated alkanes) is 10. The third-order valence-electron chi connectivity index (χ3n) is 18.9. The maximum Gasteiger partial charge on any atom is 0.311 e. The molecule has 0 bridgehead atoms. The molecule has 0 aromatic rings. The van der Waals surface area contributed by atoms with Crippen LogP contribution in [0.1, 0.15) is 209 Å². The van der Waals surface area contributed by atoms with Gasteiger partial charge in [-0.1, -0.05) is 130 Å². The van der Waals surface area contributed by atoms with Gasteiger partial charge in [0, 0.05) is 19.3 Å². The predicted octanol–water partition coefficient (Wildman–Crippen LogP) is 3.21. The van der Waals surface area contributed by atoms with Gasteiger partial charge in [0.1, 0.15) is 73.2 Å². The second kappa shape index (κ2) is 40.4. The lowest BCUT2D eigenvalue weighted by Gasteiger charge is -2.50. The zero-order valence-corrected chi connectivity index (χ0v) is 56.4. The fourth-order valence-electron chi connectivity index (χ4n) is 12.8. The van der Waals surface area contributed by atoms with Crippen molar-refractivity contribution in [2.24, 2.45) is 5.92 Å². The molecule has 0 saturated carbocycles. The molecule has 6 rings (SSSR count). The van der Waals surface area contributed by atoms with Gasteiger partial charge in [0.25, 0.3) is 0 Å². The van der Waals surface area contributed by atoms with Crippen molar-refractivity contribution in [3.05, 3.63) is 0 Å². The number of fused-ring (bicyclic) bond motifs is 2. The molecule has 6 fully saturated rings. The van der Waals surface area contributed by atoms with E-state index in [1.807, 2.05) is 0 Å². The number of aliphatic hydroxyl groups is 10. The van der Waals surface area contributed by atoms with Crippen LogP contribution in [0.3, 0.4) is 0 Å². The first-order valence-electron chi connectivity index (χ1n) is 35.0. The van der Waals surface area contributed by atoms with Crippen molar-refractivity contribution < 1.29 is 137 Å². The van der Waals surface area contributed by atoms with Gasteiger partial charge < -0.3 is 117 Å². The van der Waals surface area contributed by atoms with E-state index in [4.69, 9.17) is 66.3 Å². The molecule has 0 aromatic heterocycles. The third-order valence-corrected chi connectivity index (χ3v) is 18.9. The Balaban J connectivity index is 1.34. The Morgan fingerprint density at radius 2 is 1.00 bits per heavy atom. The lowest BCUT2D eigenvalue weighted by molar-refractivity contribution is -0.396. The highest BCUT2D eigenvalue weighted by molar-refractivity contribution is 5.73. The normalized spacial score (nSPS) is 39.7. The van der Waals surface area contributed by atoms with Gasteiger partial charge in [-0.2, -0.15) is 0 Å². The summed E-state index contributed by atoms with van der Waals surface area (Å²) in [7, 11) is 0. The molecule has 28 atom stereocenters. The quantitative estimate of drug-likeness (QED) is 0.0305. The number of carbonyl (C=O) groups excluding carboxylic acids is 4. The Morgan fingerprint density at radius 1 is 0.479 bits per heavy atom. The molecule has 0 aliphatic carbocycles. The lowest BCUT2D eigenvalue weighted by atomic mass is 9.95. The highest BCUT2D eigenvalue weighted by atomic mass is 16.8. The molecule has 6 saturated heterocycles. The number of hydrogen-bond donors (Lipinski definition) is 10. The van der Waals surface area contributed by atoms with Crippen molar-refractivity contribution in [3.8, 4) is 0 Å². The molecule has 10 N–H and O–H groups in total. The second-order valence-electron chi connectivity index (χ2n) is 26.4. The van der Waals surface area contributed by atoms with Gasteiger partial charge >= 0.3 is 23.9 Å². The second-order valence-corrected chi connectivity index (χ2v) is 26.4. The average molecular weight is 1360 g/mol. The average Bonchev–Trinajstić information content (AvgIpc) is 0.778. The summed E-state index contributed by atoms with van der Waals surface area (Å²) < 4.78 is 87.7. The molecule has 28 heteroatoms. The molecule has 0 amide bonds. The smallest absolute Gasteiger partial charge is 0.311 e. The van der Waals surface area contributed by atoms with Crippen molar-refractivity contribution in [1.82, 2.24) is 0 Å². The minimum absolute atomic E-state index is 0.0608. The Bertz CT molecular complexity index is 2200. The van der Waals surface area contributed by atoms with Crippen LogP contribution in [0, 0.1) is 5.92 Å². The van der Waals surface area contributed by atoms with Gasteiger partial charge in [-0.15, -0.1) is 0 Å². The molecular weight excluding hydrogens is 1240 g/mol. The number of aliphatic hydroxyl groups excluding tert-OH is 10. The summed E-state index contributed by atoms with van der Waals surface area (Å²) in [5, 5.41) is 112. The van der Waals surface area contributed by atoms with Gasteiger partial charge in [0.15, 0.2) is 62.0 Å². The fourth-order valence-corrected chi connectivity index (χ4v) is 12.8. The van der Waals surface area contributed by atoms with Crippen LogP contribution in [0.2, 0.25) is 0 Å². The van der Waals surface area contributed by atoms with E-state index in [1.54, 1.807) is 0 Å². The van der Waals surface area contributed by atoms with Crippen LogP contribution in [0.25, 0.3) is 0 Å². The van der Waals surface area contributed by atoms with E-state index in [-0.39, 0.29) is 25.4 Å². The summed E-state index contributed by atoms with van der Waals surface area (Å²) in [5.74, 6) is -4.51. The van der Waals surface area contributed by atoms with Gasteiger partial charge in [0.2, 0.25) is 0 Å². The zero-order valence-electron chi connectivity index (χ0n) is 56.4. The standard InChI is InChI=1S/C66H114O28/c1-9-12-14-15-16-17-20-23-27-31-44(71)88-57-52(79)54(92-66-60(94-62-50(77)48(75)46(73)41(33-67)85-62)59(90-61(80)35(4)36(5)69)55(39(8)83-66)87-43(70)11-3)38(7)81-63(57)91-53-37(6)82-64-58(51(53)78)89-45(72)32-28-24-21-18-19-22-26-30-40(29-25-13-10-2)84-65-56(93-64)49(76)47(74)42(34-68)86-65/h35-42,46-60,62-69,73-79H,9-34H2,1-8H3/t35-,36+,37+,38+,39+,40+,41-,42-,46-,47-,48+,49+,50-,51-,52-,53+,54+,55+,56-,57-,58-,59-,60-,62+,63+,64+,65-,66+/m1/s1. The van der Waals surface area contributed by atoms with Crippen LogP contribution in [-0.4, -0.2) is 254 Å². The molecule has 6 aliphatic rings. The first kappa shape index (κ1) is 80.1. The van der Waals surface area contributed by atoms with Crippen molar-refractivity contribution >= 4 is 23.9 Å². The van der Waals surface area contributed by atoms with Crippen LogP contribution in [-0.2, 0) is 85.5 Å². The maximum absolute atomic E-state index is 14.1. The fraction of sp³-hybridized carbons (Fsp3) is 0.939. The molecule has 6 heterocycles. The van der Waals surface area contributed by atoms with E-state index in [1.165, 1.54) is 41.5 Å². The van der Waals surface area contributed by atoms with Crippen molar-refractivity contribution in [3.63, 3.8) is 0 Å². The SMILES string of the molecule is CCCCCCCCCCCC(=O)O[C@H]1[C@H](O[C@@H]2[C@@H](O)[C@H]3OC(=O)CCCCCCCCC[C@H](CCCCC)O[C@@H]4O[C@H](CO)[C@@H](O)[C@H](O)[C@H]4O[C@@H]3O[C@H]2C)O[C@@H](C)[C@H](O[C@@H]2O[C@@H](C)[C@H](OC(=O)CC)[C@@H](OC(=O)[C@H](C)[C@H](C)O)[C@H]2O[C@@H]2O[C@H](CO)[C@@H](O)[C@H](O)[C@H]2O)[C@H]1O. The Morgan fingerprint density at radius 3 is 1.63 bits per heavy atom. The molecule has 0 spiro atoms. The van der Waals surface area contributed by atoms with Crippen molar-refractivity contribution in [2.75, 3.05) is 13.2 Å². The van der Waals surface area contributed by atoms with E-state index in [9.17, 15) is 70.2 Å². The number of carbonyl (C=O) groups is 4. The predicted molar refractivity (Wildman–Crippen MR) is 329 cm³/mol. The summed E-state index contributed by atoms with van der Waals surface area (Å²) in [6, 6.07) is 0. The van der Waals surface area contributed by atoms with Crippen LogP contribution in [0.4, 0.5) is 0 Å². The summed E-state index contributed by atoms with van der Waals surface area (Å²) in [6.07, 6.45) is -25.6. The van der Waals surface area contributed by atoms with Crippen LogP contribution in [0.15, 0.2) is 0 Å². The van der Waals surface area contributed by atoms with Crippen LogP contribution >= 0.6 is 0 Å². The largest absolute Gasteiger partial charge is 0.456 e. The van der Waals surface area contributed by atoms with Crippen LogP contribution < -0.4 is 0 Å². The van der Waals surface area contributed by atoms with Crippen molar-refractivity contribution in [1.29, 1.82) is 0 Å².